The van der Waals surface area contributed by atoms with Gasteiger partial charge in [0.25, 0.3) is 0 Å². The Hall–Kier alpha value is -1.88. The first-order chi connectivity index (χ1) is 8.15. The van der Waals surface area contributed by atoms with E-state index in [-0.39, 0.29) is 0 Å². The van der Waals surface area contributed by atoms with Gasteiger partial charge in [-0.1, -0.05) is 16.8 Å². The number of nitrogens with zero attached hydrogens (tertiary/aromatic N) is 1. The fourth-order valence-corrected chi connectivity index (χ4v) is 1.70. The summed E-state index contributed by atoms with van der Waals surface area (Å²) in [6.45, 7) is 0. The molecular formula is C11H11ClN2O3. The topological polar surface area (TPSA) is 70.5 Å². The molecule has 6 heteroatoms. The van der Waals surface area contributed by atoms with Crippen LogP contribution in [0.3, 0.4) is 0 Å². The molecule has 0 amide bonds. The summed E-state index contributed by atoms with van der Waals surface area (Å²) in [4.78, 5) is 0. The minimum atomic E-state index is 0.302. The van der Waals surface area contributed by atoms with Crippen molar-refractivity contribution in [3.05, 3.63) is 23.2 Å². The van der Waals surface area contributed by atoms with Gasteiger partial charge in [0.05, 0.1) is 24.8 Å². The molecule has 1 aromatic carbocycles. The number of ether oxygens (including phenoxy) is 2. The number of methoxy groups -OCH3 is 2. The van der Waals surface area contributed by atoms with Gasteiger partial charge < -0.3 is 19.7 Å². The molecule has 1 heterocycles. The van der Waals surface area contributed by atoms with E-state index in [4.69, 9.17) is 31.3 Å². The van der Waals surface area contributed by atoms with E-state index in [1.54, 1.807) is 25.3 Å². The Labute approximate surface area is 103 Å². The molecule has 0 atom stereocenters. The van der Waals surface area contributed by atoms with Crippen LogP contribution in [-0.2, 0) is 0 Å². The molecule has 0 radical (unpaired) electrons. The van der Waals surface area contributed by atoms with Gasteiger partial charge in [-0.25, -0.2) is 0 Å². The zero-order chi connectivity index (χ0) is 12.4. The largest absolute Gasteiger partial charge is 0.496 e. The quantitative estimate of drug-likeness (QED) is 0.912. The molecule has 0 saturated heterocycles. The van der Waals surface area contributed by atoms with E-state index in [1.807, 2.05) is 0 Å². The monoisotopic (exact) mass is 254 g/mol. The highest BCUT2D eigenvalue weighted by Gasteiger charge is 2.15. The summed E-state index contributed by atoms with van der Waals surface area (Å²) in [5.74, 6) is 1.88. The minimum absolute atomic E-state index is 0.302. The maximum Gasteiger partial charge on any atom is 0.172 e. The lowest BCUT2D eigenvalue weighted by Crippen LogP contribution is -1.91. The van der Waals surface area contributed by atoms with Crippen LogP contribution in [-0.4, -0.2) is 19.4 Å². The number of benzene rings is 1. The number of rotatable bonds is 3. The highest BCUT2D eigenvalue weighted by Crippen LogP contribution is 2.38. The van der Waals surface area contributed by atoms with Crippen LogP contribution in [0, 0.1) is 0 Å². The molecule has 0 aliphatic rings. The molecule has 0 fully saturated rings. The van der Waals surface area contributed by atoms with Crippen LogP contribution in [0.4, 0.5) is 5.82 Å². The van der Waals surface area contributed by atoms with Gasteiger partial charge in [-0.2, -0.15) is 0 Å². The summed E-state index contributed by atoms with van der Waals surface area (Å²) in [5.41, 5.74) is 6.18. The smallest absolute Gasteiger partial charge is 0.172 e. The molecule has 0 spiro atoms. The first-order valence-electron chi connectivity index (χ1n) is 4.79. The van der Waals surface area contributed by atoms with Crippen molar-refractivity contribution in [1.29, 1.82) is 0 Å². The molecule has 90 valence electrons. The van der Waals surface area contributed by atoms with E-state index >= 15 is 0 Å². The van der Waals surface area contributed by atoms with Crippen molar-refractivity contribution >= 4 is 17.4 Å². The lowest BCUT2D eigenvalue weighted by molar-refractivity contribution is 0.398. The number of aromatic nitrogens is 1. The van der Waals surface area contributed by atoms with E-state index in [0.29, 0.717) is 33.7 Å². The normalized spacial score (nSPS) is 10.3. The predicted octanol–water partition coefficient (Wildman–Crippen LogP) is 2.59. The highest BCUT2D eigenvalue weighted by molar-refractivity contribution is 6.32. The number of halogens is 1. The minimum Gasteiger partial charge on any atom is -0.496 e. The third kappa shape index (κ3) is 2.14. The molecule has 17 heavy (non-hydrogen) atoms. The second-order valence-electron chi connectivity index (χ2n) is 3.30. The van der Waals surface area contributed by atoms with Crippen molar-refractivity contribution in [3.63, 3.8) is 0 Å². The van der Waals surface area contributed by atoms with Crippen LogP contribution in [0.5, 0.6) is 11.5 Å². The van der Waals surface area contributed by atoms with Crippen LogP contribution >= 0.6 is 11.6 Å². The fourth-order valence-electron chi connectivity index (χ4n) is 1.47. The van der Waals surface area contributed by atoms with Gasteiger partial charge in [0.2, 0.25) is 0 Å². The standard InChI is InChI=1S/C11H11ClN2O3/c1-15-8-4-7(12)10(16-2)3-6(8)9-5-11(13)14-17-9/h3-5H,1-2H3,(H2,13,14). The molecule has 5 nitrogen and oxygen atoms in total. The first-order valence-corrected chi connectivity index (χ1v) is 5.17. The zero-order valence-electron chi connectivity index (χ0n) is 9.36. The first kappa shape index (κ1) is 11.6. The summed E-state index contributed by atoms with van der Waals surface area (Å²) in [6.07, 6.45) is 0. The van der Waals surface area contributed by atoms with Crippen LogP contribution in [0.15, 0.2) is 22.7 Å². The van der Waals surface area contributed by atoms with E-state index in [1.165, 1.54) is 7.11 Å². The maximum absolute atomic E-state index is 6.00. The Bertz CT molecular complexity index is 540. The van der Waals surface area contributed by atoms with Crippen molar-refractivity contribution < 1.29 is 14.0 Å². The van der Waals surface area contributed by atoms with Gasteiger partial charge in [-0.05, 0) is 6.07 Å². The molecule has 2 N–H and O–H groups in total. The molecule has 0 aliphatic heterocycles. The zero-order valence-corrected chi connectivity index (χ0v) is 10.1. The number of hydrogen-bond donors (Lipinski definition) is 1. The molecule has 1 aromatic heterocycles. The number of anilines is 1. The second kappa shape index (κ2) is 4.55. The van der Waals surface area contributed by atoms with Crippen LogP contribution < -0.4 is 15.2 Å². The van der Waals surface area contributed by atoms with Crippen LogP contribution in [0.25, 0.3) is 11.3 Å². The average Bonchev–Trinajstić information content (AvgIpc) is 2.75. The molecule has 0 unspecified atom stereocenters. The molecule has 2 rings (SSSR count). The Morgan fingerprint density at radius 2 is 1.88 bits per heavy atom. The van der Waals surface area contributed by atoms with Crippen LogP contribution in [0.2, 0.25) is 5.02 Å². The predicted molar refractivity (Wildman–Crippen MR) is 64.5 cm³/mol. The van der Waals surface area contributed by atoms with Gasteiger partial charge in [0.15, 0.2) is 11.6 Å². The lowest BCUT2D eigenvalue weighted by atomic mass is 10.1. The fraction of sp³-hybridized carbons (Fsp3) is 0.182. The summed E-state index contributed by atoms with van der Waals surface area (Å²) < 4.78 is 15.4. The van der Waals surface area contributed by atoms with Crippen molar-refractivity contribution in [3.8, 4) is 22.8 Å². The van der Waals surface area contributed by atoms with Crippen molar-refractivity contribution in [1.82, 2.24) is 5.16 Å². The van der Waals surface area contributed by atoms with Crippen molar-refractivity contribution in [2.75, 3.05) is 20.0 Å². The number of nitrogen functional groups attached to an aromatic ring is 1. The molecule has 0 bridgehead atoms. The van der Waals surface area contributed by atoms with E-state index in [2.05, 4.69) is 5.16 Å². The molecule has 0 aliphatic carbocycles. The maximum atomic E-state index is 6.00. The third-order valence-electron chi connectivity index (χ3n) is 2.27. The van der Waals surface area contributed by atoms with Gasteiger partial charge in [0.1, 0.15) is 11.5 Å². The third-order valence-corrected chi connectivity index (χ3v) is 2.56. The second-order valence-corrected chi connectivity index (χ2v) is 3.71. The molecular weight excluding hydrogens is 244 g/mol. The average molecular weight is 255 g/mol. The summed E-state index contributed by atoms with van der Waals surface area (Å²) in [6, 6.07) is 4.96. The number of nitrogens with two attached hydrogens (primary N) is 1. The van der Waals surface area contributed by atoms with Gasteiger partial charge in [0, 0.05) is 12.1 Å². The summed E-state index contributed by atoms with van der Waals surface area (Å²) >= 11 is 6.00. The van der Waals surface area contributed by atoms with E-state index in [0.717, 1.165) is 0 Å². The van der Waals surface area contributed by atoms with E-state index in [9.17, 15) is 0 Å². The van der Waals surface area contributed by atoms with E-state index < -0.39 is 0 Å². The SMILES string of the molecule is COc1cc(-c2cc(N)no2)c(OC)cc1Cl. The Balaban J connectivity index is 2.58. The Kier molecular flexibility index (Phi) is 3.10. The van der Waals surface area contributed by atoms with Gasteiger partial charge >= 0.3 is 0 Å². The summed E-state index contributed by atoms with van der Waals surface area (Å²) in [5, 5.41) is 4.08. The lowest BCUT2D eigenvalue weighted by Gasteiger charge is -2.09. The Morgan fingerprint density at radius 1 is 1.18 bits per heavy atom. The highest BCUT2D eigenvalue weighted by atomic mass is 35.5. The van der Waals surface area contributed by atoms with Gasteiger partial charge in [-0.3, -0.25) is 0 Å². The Morgan fingerprint density at radius 3 is 2.41 bits per heavy atom. The summed E-state index contributed by atoms with van der Waals surface area (Å²) in [7, 11) is 3.08. The van der Waals surface area contributed by atoms with Crippen molar-refractivity contribution in [2.24, 2.45) is 0 Å². The molecule has 2 aromatic rings. The van der Waals surface area contributed by atoms with Crippen LogP contribution in [0.1, 0.15) is 0 Å². The van der Waals surface area contributed by atoms with Crippen molar-refractivity contribution in [2.45, 2.75) is 0 Å². The molecule has 0 saturated carbocycles. The number of hydrogen-bond acceptors (Lipinski definition) is 5. The van der Waals surface area contributed by atoms with Gasteiger partial charge in [-0.15, -0.1) is 0 Å².